The average molecular weight is 274 g/mol. The van der Waals surface area contributed by atoms with Gasteiger partial charge in [-0.2, -0.15) is 0 Å². The molecular weight excluding hydrogens is 256 g/mol. The van der Waals surface area contributed by atoms with Gasteiger partial charge in [0.25, 0.3) is 0 Å². The maximum atomic E-state index is 5.89. The van der Waals surface area contributed by atoms with Gasteiger partial charge in [0.15, 0.2) is 0 Å². The van der Waals surface area contributed by atoms with Crippen LogP contribution in [0.4, 0.5) is 0 Å². The summed E-state index contributed by atoms with van der Waals surface area (Å²) in [6.45, 7) is 2.77. The summed E-state index contributed by atoms with van der Waals surface area (Å²) in [5.74, 6) is 0.565. The summed E-state index contributed by atoms with van der Waals surface area (Å²) >= 11 is 1.70. The monoisotopic (exact) mass is 274 g/mol. The summed E-state index contributed by atoms with van der Waals surface area (Å²) in [5.41, 5.74) is 3.17. The first-order valence-electron chi connectivity index (χ1n) is 6.68. The number of benzene rings is 1. The molecule has 1 saturated heterocycles. The largest absolute Gasteiger partial charge is 0.373 e. The molecule has 1 N–H and O–H groups in total. The van der Waals surface area contributed by atoms with Crippen molar-refractivity contribution in [1.82, 2.24) is 10.3 Å². The van der Waals surface area contributed by atoms with E-state index >= 15 is 0 Å². The Balaban J connectivity index is 1.55. The van der Waals surface area contributed by atoms with E-state index in [9.17, 15) is 0 Å². The number of nitrogens with zero attached hydrogens (tertiary/aromatic N) is 1. The Bertz CT molecular complexity index is 486. The molecule has 0 spiro atoms. The van der Waals surface area contributed by atoms with Crippen molar-refractivity contribution >= 4 is 11.3 Å². The van der Waals surface area contributed by atoms with Gasteiger partial charge in [-0.05, 0) is 12.0 Å². The predicted octanol–water partition coefficient (Wildman–Crippen LogP) is 3.01. The smallest absolute Gasteiger partial charge is 0.0866 e. The van der Waals surface area contributed by atoms with E-state index in [4.69, 9.17) is 4.74 Å². The third-order valence-corrected chi connectivity index (χ3v) is 4.31. The van der Waals surface area contributed by atoms with E-state index in [0.717, 1.165) is 26.1 Å². The highest BCUT2D eigenvalue weighted by Crippen LogP contribution is 2.33. The van der Waals surface area contributed by atoms with Crippen LogP contribution in [-0.2, 0) is 11.3 Å². The zero-order valence-electron chi connectivity index (χ0n) is 10.8. The van der Waals surface area contributed by atoms with Crippen LogP contribution >= 0.6 is 11.3 Å². The van der Waals surface area contributed by atoms with Crippen molar-refractivity contribution in [3.63, 3.8) is 0 Å². The molecule has 0 radical (unpaired) electrons. The van der Waals surface area contributed by atoms with Crippen LogP contribution in [0.2, 0.25) is 0 Å². The molecule has 1 aliphatic heterocycles. The zero-order valence-corrected chi connectivity index (χ0v) is 11.6. The Morgan fingerprint density at radius 2 is 2.21 bits per heavy atom. The van der Waals surface area contributed by atoms with Crippen molar-refractivity contribution in [2.24, 2.45) is 5.92 Å². The minimum absolute atomic E-state index is 0.246. The van der Waals surface area contributed by atoms with E-state index in [1.807, 2.05) is 11.7 Å². The molecule has 19 heavy (non-hydrogen) atoms. The molecule has 1 fully saturated rings. The lowest BCUT2D eigenvalue weighted by Gasteiger charge is -2.19. The second kappa shape index (κ2) is 6.28. The summed E-state index contributed by atoms with van der Waals surface area (Å²) in [5, 5.41) is 3.52. The number of hydrogen-bond acceptors (Lipinski definition) is 4. The van der Waals surface area contributed by atoms with Crippen LogP contribution in [0, 0.1) is 5.92 Å². The Kier molecular flexibility index (Phi) is 4.23. The van der Waals surface area contributed by atoms with Crippen LogP contribution in [-0.4, -0.2) is 18.1 Å². The number of nitrogens with one attached hydrogen (secondary N) is 1. The molecule has 1 aromatic carbocycles. The second-order valence-corrected chi connectivity index (χ2v) is 5.82. The number of hydrogen-bond donors (Lipinski definition) is 1. The number of aromatic nitrogens is 1. The van der Waals surface area contributed by atoms with Gasteiger partial charge in [0.2, 0.25) is 0 Å². The van der Waals surface area contributed by atoms with Gasteiger partial charge in [-0.1, -0.05) is 30.3 Å². The van der Waals surface area contributed by atoms with Crippen molar-refractivity contribution < 1.29 is 4.74 Å². The maximum Gasteiger partial charge on any atom is 0.0866 e. The van der Waals surface area contributed by atoms with Crippen molar-refractivity contribution in [2.45, 2.75) is 19.1 Å². The summed E-state index contributed by atoms with van der Waals surface area (Å²) in [7, 11) is 0. The summed E-state index contributed by atoms with van der Waals surface area (Å²) in [4.78, 5) is 5.38. The first kappa shape index (κ1) is 12.8. The van der Waals surface area contributed by atoms with Gasteiger partial charge in [-0.25, -0.2) is 0 Å². The molecule has 0 aliphatic carbocycles. The molecule has 0 saturated carbocycles. The highest BCUT2D eigenvalue weighted by molar-refractivity contribution is 7.09. The van der Waals surface area contributed by atoms with Gasteiger partial charge in [-0.15, -0.1) is 11.3 Å². The van der Waals surface area contributed by atoms with E-state index in [-0.39, 0.29) is 6.10 Å². The van der Waals surface area contributed by atoms with Gasteiger partial charge in [0, 0.05) is 36.7 Å². The van der Waals surface area contributed by atoms with Crippen molar-refractivity contribution in [2.75, 3.05) is 13.2 Å². The van der Waals surface area contributed by atoms with Crippen molar-refractivity contribution in [1.29, 1.82) is 0 Å². The Hall–Kier alpha value is -1.23. The molecule has 3 rings (SSSR count). The molecule has 100 valence electrons. The fraction of sp³-hybridized carbons (Fsp3) is 0.400. The molecule has 0 amide bonds. The first-order valence-corrected chi connectivity index (χ1v) is 7.56. The molecule has 0 unspecified atom stereocenters. The molecule has 2 aromatic rings. The lowest BCUT2D eigenvalue weighted by atomic mass is 9.95. The van der Waals surface area contributed by atoms with E-state index < -0.39 is 0 Å². The highest BCUT2D eigenvalue weighted by Gasteiger charge is 2.28. The molecular formula is C15H18N2OS. The standard InChI is InChI=1S/C15H18N2OS/c1-2-4-12(5-3-1)15-13(6-7-18-15)8-16-9-14-10-17-11-19-14/h1-5,10-11,13,15-16H,6-9H2/t13-,15-/m1/s1. The maximum absolute atomic E-state index is 5.89. The van der Waals surface area contributed by atoms with Crippen molar-refractivity contribution in [3.8, 4) is 0 Å². The second-order valence-electron chi connectivity index (χ2n) is 4.85. The summed E-state index contributed by atoms with van der Waals surface area (Å²) < 4.78 is 5.89. The quantitative estimate of drug-likeness (QED) is 0.910. The Labute approximate surface area is 117 Å². The highest BCUT2D eigenvalue weighted by atomic mass is 32.1. The number of ether oxygens (including phenoxy) is 1. The van der Waals surface area contributed by atoms with Crippen molar-refractivity contribution in [3.05, 3.63) is 52.5 Å². The number of thiazole rings is 1. The Morgan fingerprint density at radius 3 is 3.00 bits per heavy atom. The van der Waals surface area contributed by atoms with E-state index in [0.29, 0.717) is 5.92 Å². The molecule has 3 nitrogen and oxygen atoms in total. The minimum Gasteiger partial charge on any atom is -0.373 e. The van der Waals surface area contributed by atoms with Gasteiger partial charge in [0.05, 0.1) is 11.6 Å². The first-order chi connectivity index (χ1) is 9.43. The fourth-order valence-electron chi connectivity index (χ4n) is 2.56. The molecule has 4 heteroatoms. The summed E-state index contributed by atoms with van der Waals surface area (Å²) in [6.07, 6.45) is 3.31. The van der Waals surface area contributed by atoms with Crippen LogP contribution in [0.3, 0.4) is 0 Å². The van der Waals surface area contributed by atoms with Gasteiger partial charge in [0.1, 0.15) is 0 Å². The van der Waals surface area contributed by atoms with Crippen LogP contribution in [0.25, 0.3) is 0 Å². The van der Waals surface area contributed by atoms with E-state index in [1.54, 1.807) is 11.3 Å². The fourth-order valence-corrected chi connectivity index (χ4v) is 3.13. The molecule has 2 atom stereocenters. The minimum atomic E-state index is 0.246. The van der Waals surface area contributed by atoms with Crippen LogP contribution < -0.4 is 5.32 Å². The lowest BCUT2D eigenvalue weighted by Crippen LogP contribution is -2.24. The normalized spacial score (nSPS) is 22.7. The zero-order chi connectivity index (χ0) is 12.9. The lowest BCUT2D eigenvalue weighted by molar-refractivity contribution is 0.0904. The number of rotatable bonds is 5. The SMILES string of the molecule is c1ccc([C@H]2OCC[C@@H]2CNCc2cncs2)cc1. The molecule has 1 aliphatic rings. The summed E-state index contributed by atoms with van der Waals surface area (Å²) in [6, 6.07) is 10.5. The Morgan fingerprint density at radius 1 is 1.32 bits per heavy atom. The van der Waals surface area contributed by atoms with Gasteiger partial charge < -0.3 is 10.1 Å². The van der Waals surface area contributed by atoms with Crippen LogP contribution in [0.15, 0.2) is 42.0 Å². The molecule has 2 heterocycles. The van der Waals surface area contributed by atoms with Crippen LogP contribution in [0.1, 0.15) is 23.0 Å². The van der Waals surface area contributed by atoms with Gasteiger partial charge >= 0.3 is 0 Å². The van der Waals surface area contributed by atoms with Gasteiger partial charge in [-0.3, -0.25) is 4.98 Å². The van der Waals surface area contributed by atoms with Crippen LogP contribution in [0.5, 0.6) is 0 Å². The predicted molar refractivity (Wildman–Crippen MR) is 77.1 cm³/mol. The third-order valence-electron chi connectivity index (χ3n) is 3.53. The van der Waals surface area contributed by atoms with E-state index in [1.165, 1.54) is 10.4 Å². The molecule has 1 aromatic heterocycles. The molecule has 0 bridgehead atoms. The van der Waals surface area contributed by atoms with E-state index in [2.05, 4.69) is 40.6 Å². The topological polar surface area (TPSA) is 34.1 Å². The third kappa shape index (κ3) is 3.21. The average Bonchev–Trinajstić information content (AvgIpc) is 3.11.